The highest BCUT2D eigenvalue weighted by molar-refractivity contribution is 7.80. The highest BCUT2D eigenvalue weighted by Crippen LogP contribution is 2.17. The maximum Gasteiger partial charge on any atom is 0.397 e. The van der Waals surface area contributed by atoms with Crippen LogP contribution in [-0.2, 0) is 14.6 Å². The van der Waals surface area contributed by atoms with Crippen LogP contribution in [0.15, 0.2) is 0 Å². The van der Waals surface area contributed by atoms with Gasteiger partial charge in [0.05, 0.1) is 6.61 Å². The van der Waals surface area contributed by atoms with Gasteiger partial charge in [-0.2, -0.15) is 8.42 Å². The summed E-state index contributed by atoms with van der Waals surface area (Å²) in [6, 6.07) is 0. The molecule has 0 amide bonds. The van der Waals surface area contributed by atoms with Crippen molar-refractivity contribution >= 4 is 10.4 Å². The summed E-state index contributed by atoms with van der Waals surface area (Å²) in [4.78, 5) is 0. The Morgan fingerprint density at radius 3 is 1.77 bits per heavy atom. The van der Waals surface area contributed by atoms with Crippen molar-refractivity contribution in [2.45, 2.75) is 97.3 Å². The van der Waals surface area contributed by atoms with E-state index in [4.69, 9.17) is 4.55 Å². The molecule has 0 aromatic rings. The minimum Gasteiger partial charge on any atom is -0.264 e. The first-order chi connectivity index (χ1) is 10.5. The SMILES string of the molecule is CCCCCCCCCCCCC(C)CCCOS(=O)(=O)O. The topological polar surface area (TPSA) is 63.6 Å². The fourth-order valence-electron chi connectivity index (χ4n) is 2.72. The van der Waals surface area contributed by atoms with Crippen LogP contribution in [0.2, 0.25) is 0 Å². The summed E-state index contributed by atoms with van der Waals surface area (Å²) in [6.07, 6.45) is 16.4. The second-order valence-corrected chi connectivity index (χ2v) is 7.56. The normalized spacial score (nSPS) is 13.4. The van der Waals surface area contributed by atoms with Crippen LogP contribution in [0.5, 0.6) is 0 Å². The molecule has 1 atom stereocenters. The van der Waals surface area contributed by atoms with Crippen LogP contribution in [0.25, 0.3) is 0 Å². The molecule has 5 heteroatoms. The van der Waals surface area contributed by atoms with E-state index >= 15 is 0 Å². The Hall–Kier alpha value is -0.130. The zero-order valence-electron chi connectivity index (χ0n) is 14.6. The Morgan fingerprint density at radius 1 is 0.818 bits per heavy atom. The molecule has 0 aliphatic carbocycles. The molecule has 0 saturated heterocycles. The monoisotopic (exact) mass is 336 g/mol. The lowest BCUT2D eigenvalue weighted by Crippen LogP contribution is -2.06. The molecule has 0 aromatic carbocycles. The van der Waals surface area contributed by atoms with E-state index < -0.39 is 10.4 Å². The molecular formula is C17H36O4S. The van der Waals surface area contributed by atoms with Crippen molar-refractivity contribution in [2.75, 3.05) is 6.61 Å². The molecule has 0 bridgehead atoms. The van der Waals surface area contributed by atoms with Crippen molar-refractivity contribution in [3.63, 3.8) is 0 Å². The van der Waals surface area contributed by atoms with Crippen molar-refractivity contribution in [3.05, 3.63) is 0 Å². The van der Waals surface area contributed by atoms with E-state index in [1.165, 1.54) is 70.6 Å². The Kier molecular flexibility index (Phi) is 14.4. The molecule has 0 heterocycles. The summed E-state index contributed by atoms with van der Waals surface area (Å²) in [6.45, 7) is 4.53. The van der Waals surface area contributed by atoms with Gasteiger partial charge >= 0.3 is 10.4 Å². The summed E-state index contributed by atoms with van der Waals surface area (Å²) in [5.74, 6) is 0.596. The smallest absolute Gasteiger partial charge is 0.264 e. The van der Waals surface area contributed by atoms with E-state index in [1.54, 1.807) is 0 Å². The van der Waals surface area contributed by atoms with Crippen LogP contribution in [0, 0.1) is 5.92 Å². The van der Waals surface area contributed by atoms with Crippen LogP contribution < -0.4 is 0 Å². The lowest BCUT2D eigenvalue weighted by molar-refractivity contribution is 0.254. The second kappa shape index (κ2) is 14.5. The molecule has 1 unspecified atom stereocenters. The first-order valence-corrected chi connectivity index (χ1v) is 10.4. The van der Waals surface area contributed by atoms with Gasteiger partial charge in [-0.15, -0.1) is 0 Å². The first kappa shape index (κ1) is 21.9. The summed E-state index contributed by atoms with van der Waals surface area (Å²) >= 11 is 0. The van der Waals surface area contributed by atoms with Gasteiger partial charge in [0.1, 0.15) is 0 Å². The maximum absolute atomic E-state index is 10.4. The molecule has 1 N–H and O–H groups in total. The second-order valence-electron chi connectivity index (χ2n) is 6.47. The molecular weight excluding hydrogens is 300 g/mol. The standard InChI is InChI=1S/C17H36O4S/c1-3-4-5-6-7-8-9-10-11-12-14-17(2)15-13-16-21-22(18,19)20/h17H,3-16H2,1-2H3,(H,18,19,20). The minimum absolute atomic E-state index is 0.0845. The minimum atomic E-state index is -4.26. The largest absolute Gasteiger partial charge is 0.397 e. The third kappa shape index (κ3) is 17.9. The van der Waals surface area contributed by atoms with E-state index in [0.29, 0.717) is 12.3 Å². The zero-order valence-corrected chi connectivity index (χ0v) is 15.4. The highest BCUT2D eigenvalue weighted by atomic mass is 32.3. The average molecular weight is 337 g/mol. The van der Waals surface area contributed by atoms with Gasteiger partial charge in [-0.25, -0.2) is 4.18 Å². The molecule has 0 fully saturated rings. The van der Waals surface area contributed by atoms with E-state index in [1.807, 2.05) is 0 Å². The molecule has 0 aromatic heterocycles. The van der Waals surface area contributed by atoms with E-state index in [0.717, 1.165) is 6.42 Å². The van der Waals surface area contributed by atoms with E-state index in [2.05, 4.69) is 18.0 Å². The van der Waals surface area contributed by atoms with E-state index in [9.17, 15) is 8.42 Å². The van der Waals surface area contributed by atoms with Gasteiger partial charge in [-0.1, -0.05) is 84.5 Å². The number of hydrogen-bond donors (Lipinski definition) is 1. The summed E-state index contributed by atoms with van der Waals surface area (Å²) in [5, 5.41) is 0. The van der Waals surface area contributed by atoms with Crippen LogP contribution in [0.4, 0.5) is 0 Å². The van der Waals surface area contributed by atoms with Gasteiger partial charge in [0, 0.05) is 0 Å². The van der Waals surface area contributed by atoms with Gasteiger partial charge in [0.15, 0.2) is 0 Å². The number of unbranched alkanes of at least 4 members (excludes halogenated alkanes) is 9. The maximum atomic E-state index is 10.4. The van der Waals surface area contributed by atoms with Gasteiger partial charge in [-0.3, -0.25) is 4.55 Å². The fourth-order valence-corrected chi connectivity index (χ4v) is 3.05. The van der Waals surface area contributed by atoms with Crippen molar-refractivity contribution in [1.29, 1.82) is 0 Å². The molecule has 0 aliphatic heterocycles. The van der Waals surface area contributed by atoms with Crippen LogP contribution in [-0.4, -0.2) is 19.6 Å². The van der Waals surface area contributed by atoms with Gasteiger partial charge in [0.25, 0.3) is 0 Å². The average Bonchev–Trinajstić information content (AvgIpc) is 2.44. The van der Waals surface area contributed by atoms with E-state index in [-0.39, 0.29) is 6.61 Å². The van der Waals surface area contributed by atoms with Crippen LogP contribution >= 0.6 is 0 Å². The molecule has 22 heavy (non-hydrogen) atoms. The molecule has 0 saturated carbocycles. The van der Waals surface area contributed by atoms with Crippen LogP contribution in [0.3, 0.4) is 0 Å². The number of hydrogen-bond acceptors (Lipinski definition) is 3. The number of rotatable bonds is 16. The zero-order chi connectivity index (χ0) is 16.7. The Morgan fingerprint density at radius 2 is 1.27 bits per heavy atom. The lowest BCUT2D eigenvalue weighted by Gasteiger charge is -2.10. The highest BCUT2D eigenvalue weighted by Gasteiger charge is 2.06. The lowest BCUT2D eigenvalue weighted by atomic mass is 9.97. The van der Waals surface area contributed by atoms with Gasteiger partial charge in [0.2, 0.25) is 0 Å². The third-order valence-corrected chi connectivity index (χ3v) is 4.59. The van der Waals surface area contributed by atoms with Crippen molar-refractivity contribution < 1.29 is 17.2 Å². The Balaban J connectivity index is 3.23. The van der Waals surface area contributed by atoms with Crippen molar-refractivity contribution in [2.24, 2.45) is 5.92 Å². The molecule has 0 aliphatic rings. The Bertz CT molecular complexity index is 328. The summed E-state index contributed by atoms with van der Waals surface area (Å²) < 4.78 is 33.5. The van der Waals surface area contributed by atoms with Crippen molar-refractivity contribution in [1.82, 2.24) is 0 Å². The quantitative estimate of drug-likeness (QED) is 0.297. The molecule has 0 rings (SSSR count). The third-order valence-electron chi connectivity index (χ3n) is 4.12. The summed E-state index contributed by atoms with van der Waals surface area (Å²) in [5.41, 5.74) is 0. The van der Waals surface area contributed by atoms with Gasteiger partial charge < -0.3 is 0 Å². The van der Waals surface area contributed by atoms with Crippen LogP contribution in [0.1, 0.15) is 97.3 Å². The Labute approximate surface area is 138 Å². The fraction of sp³-hybridized carbons (Fsp3) is 1.00. The predicted molar refractivity (Wildman–Crippen MR) is 92.4 cm³/mol. The van der Waals surface area contributed by atoms with Gasteiger partial charge in [-0.05, 0) is 18.8 Å². The predicted octanol–water partition coefficient (Wildman–Crippen LogP) is 5.53. The molecule has 0 spiro atoms. The molecule has 134 valence electrons. The summed E-state index contributed by atoms with van der Waals surface area (Å²) in [7, 11) is -4.26. The molecule has 4 nitrogen and oxygen atoms in total. The van der Waals surface area contributed by atoms with Crippen molar-refractivity contribution in [3.8, 4) is 0 Å². The molecule has 0 radical (unpaired) electrons. The first-order valence-electron chi connectivity index (χ1n) is 9.07.